The monoisotopic (exact) mass is 343 g/mol. The maximum Gasteiger partial charge on any atom is 0.336 e. The number of carbonyl (C=O) groups is 1. The van der Waals surface area contributed by atoms with Crippen LogP contribution in [0.2, 0.25) is 0 Å². The highest BCUT2D eigenvalue weighted by atomic mass is 127. The van der Waals surface area contributed by atoms with Gasteiger partial charge in [-0.05, 0) is 47.2 Å². The fourth-order valence-electron chi connectivity index (χ4n) is 1.41. The van der Waals surface area contributed by atoms with Gasteiger partial charge in [-0.3, -0.25) is 0 Å². The molecule has 0 aliphatic carbocycles. The molecule has 88 valence electrons. The van der Waals surface area contributed by atoms with Crippen molar-refractivity contribution in [3.8, 4) is 5.69 Å². The molecule has 1 aromatic heterocycles. The molecule has 0 unspecified atom stereocenters. The van der Waals surface area contributed by atoms with Crippen LogP contribution in [0.4, 0.5) is 0 Å². The number of rotatable bonds is 3. The van der Waals surface area contributed by atoms with E-state index in [0.717, 1.165) is 12.1 Å². The minimum absolute atomic E-state index is 0.275. The minimum atomic E-state index is -0.938. The van der Waals surface area contributed by atoms with Gasteiger partial charge in [0.15, 0.2) is 0 Å². The van der Waals surface area contributed by atoms with E-state index in [1.165, 1.54) is 0 Å². The summed E-state index contributed by atoms with van der Waals surface area (Å²) in [6.07, 6.45) is 2.60. The van der Waals surface area contributed by atoms with Crippen LogP contribution in [0.3, 0.4) is 0 Å². The predicted molar refractivity (Wildman–Crippen MR) is 70.4 cm³/mol. The van der Waals surface area contributed by atoms with Gasteiger partial charge in [-0.15, -0.1) is 5.10 Å². The lowest BCUT2D eigenvalue weighted by atomic mass is 10.2. The van der Waals surface area contributed by atoms with Crippen LogP contribution in [0.5, 0.6) is 0 Å². The average molecular weight is 343 g/mol. The van der Waals surface area contributed by atoms with Gasteiger partial charge in [0.25, 0.3) is 0 Å². The second kappa shape index (κ2) is 4.82. The van der Waals surface area contributed by atoms with Crippen molar-refractivity contribution in [1.29, 1.82) is 0 Å². The highest BCUT2D eigenvalue weighted by Gasteiger charge is 2.10. The Morgan fingerprint density at radius 1 is 1.53 bits per heavy atom. The molecule has 2 aromatic rings. The molecular weight excluding hydrogens is 333 g/mol. The maximum absolute atomic E-state index is 11.0. The SMILES string of the molecule is CCc1cn(-c2ccc(I)c(C(=O)O)c2)nn1. The third-order valence-corrected chi connectivity index (χ3v) is 3.29. The molecule has 17 heavy (non-hydrogen) atoms. The Balaban J connectivity index is 2.46. The first-order chi connectivity index (χ1) is 8.11. The van der Waals surface area contributed by atoms with Crippen LogP contribution in [0, 0.1) is 3.57 Å². The number of nitrogens with zero attached hydrogens (tertiary/aromatic N) is 3. The third-order valence-electron chi connectivity index (χ3n) is 2.35. The molecule has 0 atom stereocenters. The minimum Gasteiger partial charge on any atom is -0.478 e. The first-order valence-electron chi connectivity index (χ1n) is 5.06. The van der Waals surface area contributed by atoms with Crippen molar-refractivity contribution in [2.75, 3.05) is 0 Å². The molecule has 0 radical (unpaired) electrons. The largest absolute Gasteiger partial charge is 0.478 e. The van der Waals surface area contributed by atoms with E-state index < -0.39 is 5.97 Å². The first-order valence-corrected chi connectivity index (χ1v) is 6.14. The van der Waals surface area contributed by atoms with Crippen molar-refractivity contribution in [3.63, 3.8) is 0 Å². The Morgan fingerprint density at radius 3 is 2.88 bits per heavy atom. The Bertz CT molecular complexity index is 566. The molecule has 1 heterocycles. The van der Waals surface area contributed by atoms with E-state index in [-0.39, 0.29) is 5.56 Å². The number of halogens is 1. The van der Waals surface area contributed by atoms with Crippen molar-refractivity contribution in [2.24, 2.45) is 0 Å². The van der Waals surface area contributed by atoms with Crippen molar-refractivity contribution in [1.82, 2.24) is 15.0 Å². The fourth-order valence-corrected chi connectivity index (χ4v) is 1.97. The average Bonchev–Trinajstić information content (AvgIpc) is 2.78. The molecule has 2 rings (SSSR count). The molecule has 0 amide bonds. The number of carboxylic acids is 1. The molecule has 1 aromatic carbocycles. The van der Waals surface area contributed by atoms with E-state index in [4.69, 9.17) is 5.11 Å². The van der Waals surface area contributed by atoms with Gasteiger partial charge in [-0.25, -0.2) is 9.48 Å². The molecule has 0 bridgehead atoms. The Morgan fingerprint density at radius 2 is 2.29 bits per heavy atom. The van der Waals surface area contributed by atoms with Crippen LogP contribution in [-0.2, 0) is 6.42 Å². The maximum atomic E-state index is 11.0. The highest BCUT2D eigenvalue weighted by Crippen LogP contribution is 2.17. The van der Waals surface area contributed by atoms with Crippen LogP contribution in [0.25, 0.3) is 5.69 Å². The number of aromatic carboxylic acids is 1. The number of aryl methyl sites for hydroxylation is 1. The summed E-state index contributed by atoms with van der Waals surface area (Å²) >= 11 is 2.00. The van der Waals surface area contributed by atoms with Gasteiger partial charge in [-0.2, -0.15) is 0 Å². The number of aromatic nitrogens is 3. The van der Waals surface area contributed by atoms with Gasteiger partial charge in [0.1, 0.15) is 0 Å². The van der Waals surface area contributed by atoms with E-state index in [0.29, 0.717) is 9.26 Å². The van der Waals surface area contributed by atoms with Gasteiger partial charge >= 0.3 is 5.97 Å². The zero-order valence-corrected chi connectivity index (χ0v) is 11.2. The Hall–Kier alpha value is -1.44. The lowest BCUT2D eigenvalue weighted by Gasteiger charge is -2.03. The summed E-state index contributed by atoms with van der Waals surface area (Å²) in [5, 5.41) is 17.0. The summed E-state index contributed by atoms with van der Waals surface area (Å²) < 4.78 is 2.29. The Labute approximate surface area is 112 Å². The summed E-state index contributed by atoms with van der Waals surface area (Å²) in [5.41, 5.74) is 1.85. The lowest BCUT2D eigenvalue weighted by Crippen LogP contribution is -2.03. The van der Waals surface area contributed by atoms with Crippen molar-refractivity contribution >= 4 is 28.6 Å². The van der Waals surface area contributed by atoms with E-state index in [2.05, 4.69) is 10.3 Å². The summed E-state index contributed by atoms with van der Waals surface area (Å²) in [4.78, 5) is 11.0. The summed E-state index contributed by atoms with van der Waals surface area (Å²) in [6.45, 7) is 1.99. The molecule has 0 fully saturated rings. The van der Waals surface area contributed by atoms with Gasteiger partial charge in [0.05, 0.1) is 23.1 Å². The van der Waals surface area contributed by atoms with Crippen LogP contribution in [-0.4, -0.2) is 26.1 Å². The standard InChI is InChI=1S/C11H10IN3O2/c1-2-7-6-15(14-13-7)8-3-4-10(12)9(5-8)11(16)17/h3-6H,2H2,1H3,(H,16,17). The molecular formula is C11H10IN3O2. The first kappa shape index (κ1) is 12.0. The molecule has 0 saturated heterocycles. The summed E-state index contributed by atoms with van der Waals surface area (Å²) in [6, 6.07) is 5.17. The van der Waals surface area contributed by atoms with Gasteiger partial charge < -0.3 is 5.11 Å². The van der Waals surface area contributed by atoms with Crippen LogP contribution in [0.1, 0.15) is 23.0 Å². The van der Waals surface area contributed by atoms with E-state index in [9.17, 15) is 4.79 Å². The van der Waals surface area contributed by atoms with E-state index in [1.54, 1.807) is 23.0 Å². The van der Waals surface area contributed by atoms with Crippen molar-refractivity contribution < 1.29 is 9.90 Å². The van der Waals surface area contributed by atoms with Gasteiger partial charge in [0.2, 0.25) is 0 Å². The molecule has 0 aliphatic heterocycles. The predicted octanol–water partition coefficient (Wildman–Crippen LogP) is 2.13. The number of hydrogen-bond donors (Lipinski definition) is 1. The smallest absolute Gasteiger partial charge is 0.336 e. The topological polar surface area (TPSA) is 68.0 Å². The fraction of sp³-hybridized carbons (Fsp3) is 0.182. The number of hydrogen-bond acceptors (Lipinski definition) is 3. The zero-order chi connectivity index (χ0) is 12.4. The highest BCUT2D eigenvalue weighted by molar-refractivity contribution is 14.1. The van der Waals surface area contributed by atoms with Gasteiger partial charge in [0, 0.05) is 3.57 Å². The second-order valence-corrected chi connectivity index (χ2v) is 4.64. The molecule has 1 N–H and O–H groups in total. The zero-order valence-electron chi connectivity index (χ0n) is 9.09. The van der Waals surface area contributed by atoms with Crippen molar-refractivity contribution in [3.05, 3.63) is 39.2 Å². The van der Waals surface area contributed by atoms with Gasteiger partial charge in [-0.1, -0.05) is 12.1 Å². The van der Waals surface area contributed by atoms with Crippen LogP contribution >= 0.6 is 22.6 Å². The van der Waals surface area contributed by atoms with Crippen LogP contribution < -0.4 is 0 Å². The van der Waals surface area contributed by atoms with E-state index >= 15 is 0 Å². The second-order valence-electron chi connectivity index (χ2n) is 3.48. The molecule has 0 spiro atoms. The van der Waals surface area contributed by atoms with Crippen LogP contribution in [0.15, 0.2) is 24.4 Å². The number of carboxylic acid groups (broad SMARTS) is 1. The molecule has 0 saturated carbocycles. The van der Waals surface area contributed by atoms with Crippen molar-refractivity contribution in [2.45, 2.75) is 13.3 Å². The lowest BCUT2D eigenvalue weighted by molar-refractivity contribution is 0.0695. The molecule has 6 heteroatoms. The summed E-state index contributed by atoms with van der Waals surface area (Å²) in [5.74, 6) is -0.938. The third kappa shape index (κ3) is 2.46. The van der Waals surface area contributed by atoms with E-state index in [1.807, 2.05) is 35.6 Å². The number of benzene rings is 1. The summed E-state index contributed by atoms with van der Waals surface area (Å²) in [7, 11) is 0. The molecule has 5 nitrogen and oxygen atoms in total. The molecule has 0 aliphatic rings. The normalized spacial score (nSPS) is 10.5. The quantitative estimate of drug-likeness (QED) is 0.867. The Kier molecular flexibility index (Phi) is 3.41.